The van der Waals surface area contributed by atoms with Crippen molar-refractivity contribution in [2.45, 2.75) is 12.8 Å². The Morgan fingerprint density at radius 3 is 2.78 bits per heavy atom. The third kappa shape index (κ3) is 1.53. The number of likely N-dealkylation sites (tertiary alicyclic amines) is 1. The van der Waals surface area contributed by atoms with Crippen LogP contribution in [-0.4, -0.2) is 38.1 Å². The maximum Gasteiger partial charge on any atom is 0.274 e. The topological polar surface area (TPSA) is 59.6 Å². The molecule has 1 amide bonds. The minimum absolute atomic E-state index is 0.0382. The van der Waals surface area contributed by atoms with Gasteiger partial charge in [0.25, 0.3) is 11.5 Å². The van der Waals surface area contributed by atoms with Crippen LogP contribution in [0.3, 0.4) is 0 Å². The van der Waals surface area contributed by atoms with Crippen LogP contribution >= 0.6 is 0 Å². The monoisotopic (exact) mass is 246 g/mol. The average molecular weight is 246 g/mol. The smallest absolute Gasteiger partial charge is 0.274 e. The molecule has 0 radical (unpaired) electrons. The highest BCUT2D eigenvalue weighted by Crippen LogP contribution is 2.15. The van der Waals surface area contributed by atoms with Crippen LogP contribution in [0.25, 0.3) is 5.65 Å². The molecule has 0 atom stereocenters. The first-order valence-electron chi connectivity index (χ1n) is 6.01. The first-order chi connectivity index (χ1) is 8.68. The summed E-state index contributed by atoms with van der Waals surface area (Å²) in [5, 5.41) is 4.01. The molecule has 0 aliphatic carbocycles. The molecule has 1 saturated heterocycles. The predicted molar refractivity (Wildman–Crippen MR) is 65.6 cm³/mol. The summed E-state index contributed by atoms with van der Waals surface area (Å²) in [4.78, 5) is 25.8. The fraction of sp³-hybridized carbons (Fsp3) is 0.417. The Morgan fingerprint density at radius 1 is 1.33 bits per heavy atom. The van der Waals surface area contributed by atoms with Gasteiger partial charge in [-0.15, -0.1) is 0 Å². The van der Waals surface area contributed by atoms with E-state index in [4.69, 9.17) is 0 Å². The van der Waals surface area contributed by atoms with E-state index >= 15 is 0 Å². The third-order valence-electron chi connectivity index (χ3n) is 3.35. The van der Waals surface area contributed by atoms with Crippen molar-refractivity contribution in [2.24, 2.45) is 7.05 Å². The zero-order valence-electron chi connectivity index (χ0n) is 10.2. The lowest BCUT2D eigenvalue weighted by Gasteiger charge is -2.14. The van der Waals surface area contributed by atoms with Crippen LogP contribution in [0.1, 0.15) is 23.2 Å². The molecule has 18 heavy (non-hydrogen) atoms. The summed E-state index contributed by atoms with van der Waals surface area (Å²) in [6, 6.07) is 1.43. The molecule has 0 spiro atoms. The zero-order valence-corrected chi connectivity index (χ0v) is 10.2. The molecule has 1 fully saturated rings. The first-order valence-corrected chi connectivity index (χ1v) is 6.01. The van der Waals surface area contributed by atoms with Gasteiger partial charge in [-0.3, -0.25) is 9.59 Å². The van der Waals surface area contributed by atoms with E-state index in [0.29, 0.717) is 11.2 Å². The zero-order chi connectivity index (χ0) is 12.7. The van der Waals surface area contributed by atoms with Crippen molar-refractivity contribution in [1.82, 2.24) is 19.1 Å². The van der Waals surface area contributed by atoms with Crippen LogP contribution in [0.4, 0.5) is 0 Å². The Morgan fingerprint density at radius 2 is 2.06 bits per heavy atom. The highest BCUT2D eigenvalue weighted by atomic mass is 16.2. The maximum atomic E-state index is 12.3. The van der Waals surface area contributed by atoms with Crippen molar-refractivity contribution in [1.29, 1.82) is 0 Å². The second-order valence-corrected chi connectivity index (χ2v) is 4.56. The molecule has 1 aliphatic rings. The first kappa shape index (κ1) is 11.0. The minimum Gasteiger partial charge on any atom is -0.338 e. The van der Waals surface area contributed by atoms with Crippen molar-refractivity contribution in [3.8, 4) is 0 Å². The maximum absolute atomic E-state index is 12.3. The number of fused-ring (bicyclic) bond motifs is 1. The van der Waals surface area contributed by atoms with Crippen LogP contribution in [-0.2, 0) is 7.05 Å². The summed E-state index contributed by atoms with van der Waals surface area (Å²) < 4.78 is 3.01. The standard InChI is InChI=1S/C12H14N4O2/c1-14-7-4-10(17)16-11(14)9(8-13-16)12(18)15-5-2-3-6-15/h4,7-8H,2-3,5-6H2,1H3. The average Bonchev–Trinajstić information content (AvgIpc) is 3.01. The molecule has 3 rings (SSSR count). The van der Waals surface area contributed by atoms with Gasteiger partial charge in [0.05, 0.1) is 6.20 Å². The number of hydrogen-bond donors (Lipinski definition) is 0. The molecular formula is C12H14N4O2. The number of aryl methyl sites for hydroxylation is 1. The largest absolute Gasteiger partial charge is 0.338 e. The number of carbonyl (C=O) groups excluding carboxylic acids is 1. The van der Waals surface area contributed by atoms with E-state index in [1.54, 1.807) is 17.8 Å². The predicted octanol–water partition coefficient (Wildman–Crippen LogP) is 0.269. The van der Waals surface area contributed by atoms with Gasteiger partial charge in [-0.2, -0.15) is 9.61 Å². The second-order valence-electron chi connectivity index (χ2n) is 4.56. The summed E-state index contributed by atoms with van der Waals surface area (Å²) >= 11 is 0. The molecule has 3 heterocycles. The minimum atomic E-state index is -0.219. The lowest BCUT2D eigenvalue weighted by atomic mass is 10.3. The lowest BCUT2D eigenvalue weighted by molar-refractivity contribution is 0.0794. The highest BCUT2D eigenvalue weighted by molar-refractivity contribution is 5.99. The number of aromatic nitrogens is 3. The van der Waals surface area contributed by atoms with E-state index in [1.165, 1.54) is 16.8 Å². The number of amides is 1. The van der Waals surface area contributed by atoms with E-state index in [1.807, 2.05) is 4.90 Å². The van der Waals surface area contributed by atoms with Gasteiger partial charge in [-0.25, -0.2) is 0 Å². The van der Waals surface area contributed by atoms with Gasteiger partial charge in [0.15, 0.2) is 5.65 Å². The summed E-state index contributed by atoms with van der Waals surface area (Å²) in [7, 11) is 1.80. The van der Waals surface area contributed by atoms with Crippen molar-refractivity contribution in [3.05, 3.63) is 34.4 Å². The molecule has 0 bridgehead atoms. The van der Waals surface area contributed by atoms with Gasteiger partial charge in [0, 0.05) is 32.4 Å². The van der Waals surface area contributed by atoms with E-state index in [9.17, 15) is 9.59 Å². The molecule has 2 aromatic heterocycles. The van der Waals surface area contributed by atoms with Crippen molar-refractivity contribution in [3.63, 3.8) is 0 Å². The van der Waals surface area contributed by atoms with Crippen molar-refractivity contribution < 1.29 is 4.79 Å². The van der Waals surface area contributed by atoms with Crippen molar-refractivity contribution >= 4 is 11.6 Å². The Balaban J connectivity index is 2.15. The molecule has 0 saturated carbocycles. The quantitative estimate of drug-likeness (QED) is 0.725. The molecule has 0 unspecified atom stereocenters. The summed E-state index contributed by atoms with van der Waals surface area (Å²) in [5.41, 5.74) is 0.833. The van der Waals surface area contributed by atoms with Gasteiger partial charge >= 0.3 is 0 Å². The Hall–Kier alpha value is -2.11. The molecule has 6 heteroatoms. The van der Waals surface area contributed by atoms with E-state index in [-0.39, 0.29) is 11.5 Å². The van der Waals surface area contributed by atoms with Gasteiger partial charge < -0.3 is 9.47 Å². The highest BCUT2D eigenvalue weighted by Gasteiger charge is 2.23. The Kier molecular flexibility index (Phi) is 2.43. The van der Waals surface area contributed by atoms with Crippen LogP contribution in [0.2, 0.25) is 0 Å². The van der Waals surface area contributed by atoms with Crippen LogP contribution in [0, 0.1) is 0 Å². The second kappa shape index (κ2) is 3.97. The van der Waals surface area contributed by atoms with E-state index in [0.717, 1.165) is 25.9 Å². The van der Waals surface area contributed by atoms with E-state index < -0.39 is 0 Å². The fourth-order valence-electron chi connectivity index (χ4n) is 2.40. The molecular weight excluding hydrogens is 232 g/mol. The van der Waals surface area contributed by atoms with Gasteiger partial charge in [0.1, 0.15) is 5.56 Å². The molecule has 2 aromatic rings. The van der Waals surface area contributed by atoms with E-state index in [2.05, 4.69) is 5.10 Å². The molecule has 94 valence electrons. The summed E-state index contributed by atoms with van der Waals surface area (Å²) in [5.74, 6) is -0.0382. The SMILES string of the molecule is Cn1ccc(=O)n2ncc(C(=O)N3CCCC3)c12. The number of rotatable bonds is 1. The summed E-state index contributed by atoms with van der Waals surface area (Å²) in [6.45, 7) is 1.58. The number of carbonyl (C=O) groups is 1. The normalized spacial score (nSPS) is 15.5. The molecule has 1 aliphatic heterocycles. The lowest BCUT2D eigenvalue weighted by Crippen LogP contribution is -2.28. The number of nitrogens with zero attached hydrogens (tertiary/aromatic N) is 4. The summed E-state index contributed by atoms with van der Waals surface area (Å²) in [6.07, 6.45) is 5.23. The van der Waals surface area contributed by atoms with Crippen molar-refractivity contribution in [2.75, 3.05) is 13.1 Å². The third-order valence-corrected chi connectivity index (χ3v) is 3.35. The van der Waals surface area contributed by atoms with Gasteiger partial charge in [0.2, 0.25) is 0 Å². The van der Waals surface area contributed by atoms with Gasteiger partial charge in [-0.1, -0.05) is 0 Å². The molecule has 0 N–H and O–H groups in total. The molecule has 0 aromatic carbocycles. The van der Waals surface area contributed by atoms with Crippen LogP contribution < -0.4 is 5.56 Å². The number of hydrogen-bond acceptors (Lipinski definition) is 3. The molecule has 6 nitrogen and oxygen atoms in total. The fourth-order valence-corrected chi connectivity index (χ4v) is 2.40. The van der Waals surface area contributed by atoms with Gasteiger partial charge in [-0.05, 0) is 12.8 Å². The Bertz CT molecular complexity index is 664. The van der Waals surface area contributed by atoms with Crippen LogP contribution in [0.5, 0.6) is 0 Å². The Labute approximate surface area is 103 Å². The van der Waals surface area contributed by atoms with Crippen LogP contribution in [0.15, 0.2) is 23.3 Å².